The number of aromatic nitrogens is 4. The number of nitrogens with one attached hydrogen (secondary N) is 1. The number of aryl methyl sites for hydroxylation is 1. The molecule has 0 saturated carbocycles. The molecule has 2 aromatic heterocycles. The van der Waals surface area contributed by atoms with Crippen LogP contribution in [0.4, 0.5) is 5.69 Å². The van der Waals surface area contributed by atoms with Crippen LogP contribution in [0.2, 0.25) is 0 Å². The highest BCUT2D eigenvalue weighted by atomic mass is 79.9. The van der Waals surface area contributed by atoms with E-state index in [0.717, 1.165) is 9.99 Å². The number of anilines is 1. The number of carbonyl (C=O) groups is 1. The molecule has 26 heavy (non-hydrogen) atoms. The molecule has 8 heteroatoms. The lowest BCUT2D eigenvalue weighted by Crippen LogP contribution is -2.29. The molecule has 2 aromatic carbocycles. The van der Waals surface area contributed by atoms with Gasteiger partial charge in [-0.1, -0.05) is 34.1 Å². The second-order valence-electron chi connectivity index (χ2n) is 5.84. The lowest BCUT2D eigenvalue weighted by molar-refractivity contribution is -0.116. The highest BCUT2D eigenvalue weighted by molar-refractivity contribution is 9.10. The third-order valence-corrected chi connectivity index (χ3v) is 4.58. The fourth-order valence-corrected chi connectivity index (χ4v) is 3.37. The third kappa shape index (κ3) is 2.78. The quantitative estimate of drug-likeness (QED) is 0.561. The Hall–Kier alpha value is -3.00. The van der Waals surface area contributed by atoms with Crippen LogP contribution in [0.15, 0.2) is 57.8 Å². The van der Waals surface area contributed by atoms with Crippen molar-refractivity contribution in [2.45, 2.75) is 13.5 Å². The zero-order valence-corrected chi connectivity index (χ0v) is 15.4. The third-order valence-electron chi connectivity index (χ3n) is 4.08. The van der Waals surface area contributed by atoms with Gasteiger partial charge < -0.3 is 5.32 Å². The molecular weight excluding hydrogens is 398 g/mol. The molecule has 0 aliphatic rings. The minimum atomic E-state index is -0.353. The van der Waals surface area contributed by atoms with Crippen LogP contribution in [0.1, 0.15) is 5.82 Å². The summed E-state index contributed by atoms with van der Waals surface area (Å²) in [6.45, 7) is 1.67. The second kappa shape index (κ2) is 6.38. The average molecular weight is 412 g/mol. The Bertz CT molecular complexity index is 1210. The molecule has 0 radical (unpaired) electrons. The summed E-state index contributed by atoms with van der Waals surface area (Å²) in [6.07, 6.45) is 0. The van der Waals surface area contributed by atoms with Crippen LogP contribution >= 0.6 is 15.9 Å². The van der Waals surface area contributed by atoms with Crippen molar-refractivity contribution in [2.24, 2.45) is 0 Å². The molecular formula is C18H14BrN5O2. The van der Waals surface area contributed by atoms with Gasteiger partial charge in [0.2, 0.25) is 11.6 Å². The maximum absolute atomic E-state index is 12.8. The van der Waals surface area contributed by atoms with E-state index in [0.29, 0.717) is 17.0 Å². The van der Waals surface area contributed by atoms with E-state index in [-0.39, 0.29) is 23.7 Å². The van der Waals surface area contributed by atoms with E-state index < -0.39 is 0 Å². The molecule has 130 valence electrons. The smallest absolute Gasteiger partial charge is 0.297 e. The highest BCUT2D eigenvalue weighted by Gasteiger charge is 2.16. The molecule has 2 heterocycles. The van der Waals surface area contributed by atoms with Gasteiger partial charge in [0.05, 0.1) is 11.0 Å². The van der Waals surface area contributed by atoms with Crippen LogP contribution in [0.3, 0.4) is 0 Å². The summed E-state index contributed by atoms with van der Waals surface area (Å²) in [4.78, 5) is 25.4. The summed E-state index contributed by atoms with van der Waals surface area (Å²) in [7, 11) is 0. The van der Waals surface area contributed by atoms with Crippen molar-refractivity contribution >= 4 is 44.2 Å². The zero-order valence-electron chi connectivity index (χ0n) is 13.8. The first-order chi connectivity index (χ1) is 12.5. The molecule has 1 N–H and O–H groups in total. The van der Waals surface area contributed by atoms with Crippen LogP contribution in [0.5, 0.6) is 0 Å². The SMILES string of the molecule is Cc1nnc2c(=O)n(CC(=O)Nc3cccc(Br)c3)c3ccccc3n12. The van der Waals surface area contributed by atoms with E-state index in [1.54, 1.807) is 23.5 Å². The first-order valence-electron chi connectivity index (χ1n) is 7.93. The molecule has 0 aliphatic heterocycles. The average Bonchev–Trinajstić information content (AvgIpc) is 3.01. The van der Waals surface area contributed by atoms with Gasteiger partial charge in [-0.15, -0.1) is 10.2 Å². The molecule has 0 unspecified atom stereocenters. The normalized spacial score (nSPS) is 11.2. The van der Waals surface area contributed by atoms with Crippen molar-refractivity contribution in [2.75, 3.05) is 5.32 Å². The van der Waals surface area contributed by atoms with E-state index in [1.807, 2.05) is 36.4 Å². The van der Waals surface area contributed by atoms with Crippen molar-refractivity contribution < 1.29 is 4.79 Å². The standard InChI is InChI=1S/C18H14BrN5O2/c1-11-21-22-17-18(26)23(14-7-2-3-8-15(14)24(11)17)10-16(25)20-13-6-4-5-12(19)9-13/h2-9H,10H2,1H3,(H,20,25). The van der Waals surface area contributed by atoms with Gasteiger partial charge in [0.25, 0.3) is 5.56 Å². The molecule has 0 bridgehead atoms. The predicted molar refractivity (Wildman–Crippen MR) is 102 cm³/mol. The molecule has 0 spiro atoms. The van der Waals surface area contributed by atoms with E-state index in [1.165, 1.54) is 4.57 Å². The summed E-state index contributed by atoms with van der Waals surface area (Å²) in [5, 5.41) is 10.8. The van der Waals surface area contributed by atoms with E-state index in [9.17, 15) is 9.59 Å². The van der Waals surface area contributed by atoms with Crippen LogP contribution < -0.4 is 10.9 Å². The van der Waals surface area contributed by atoms with E-state index in [2.05, 4.69) is 31.4 Å². The van der Waals surface area contributed by atoms with E-state index >= 15 is 0 Å². The number of halogens is 1. The van der Waals surface area contributed by atoms with Crippen molar-refractivity contribution in [3.8, 4) is 0 Å². The van der Waals surface area contributed by atoms with Crippen molar-refractivity contribution in [1.29, 1.82) is 0 Å². The van der Waals surface area contributed by atoms with Gasteiger partial charge in [0.15, 0.2) is 0 Å². The van der Waals surface area contributed by atoms with Gasteiger partial charge in [-0.3, -0.25) is 18.6 Å². The largest absolute Gasteiger partial charge is 0.324 e. The molecule has 0 atom stereocenters. The number of amides is 1. The first-order valence-corrected chi connectivity index (χ1v) is 8.72. The Morgan fingerprint density at radius 2 is 1.88 bits per heavy atom. The first kappa shape index (κ1) is 16.5. The Morgan fingerprint density at radius 1 is 1.12 bits per heavy atom. The fourth-order valence-electron chi connectivity index (χ4n) is 2.97. The Kier molecular flexibility index (Phi) is 4.04. The van der Waals surface area contributed by atoms with Crippen molar-refractivity contribution in [3.05, 3.63) is 69.2 Å². The van der Waals surface area contributed by atoms with Crippen molar-refractivity contribution in [1.82, 2.24) is 19.2 Å². The Morgan fingerprint density at radius 3 is 2.65 bits per heavy atom. The minimum absolute atomic E-state index is 0.117. The van der Waals surface area contributed by atoms with Gasteiger partial charge in [-0.2, -0.15) is 0 Å². The zero-order chi connectivity index (χ0) is 18.3. The fraction of sp³-hybridized carbons (Fsp3) is 0.111. The number of fused-ring (bicyclic) bond motifs is 3. The van der Waals surface area contributed by atoms with E-state index in [4.69, 9.17) is 0 Å². The summed E-state index contributed by atoms with van der Waals surface area (Å²) < 4.78 is 3.99. The molecule has 0 fully saturated rings. The number of benzene rings is 2. The summed E-state index contributed by atoms with van der Waals surface area (Å²) >= 11 is 3.37. The van der Waals surface area contributed by atoms with Gasteiger partial charge >= 0.3 is 0 Å². The minimum Gasteiger partial charge on any atom is -0.324 e. The number of para-hydroxylation sites is 2. The molecule has 0 aliphatic carbocycles. The molecule has 4 rings (SSSR count). The molecule has 7 nitrogen and oxygen atoms in total. The molecule has 1 amide bonds. The van der Waals surface area contributed by atoms with Crippen molar-refractivity contribution in [3.63, 3.8) is 0 Å². The Labute approximate surface area is 156 Å². The van der Waals surface area contributed by atoms with Gasteiger partial charge in [0, 0.05) is 10.2 Å². The van der Waals surface area contributed by atoms with Gasteiger partial charge in [-0.25, -0.2) is 0 Å². The number of rotatable bonds is 3. The predicted octanol–water partition coefficient (Wildman–Crippen LogP) is 2.75. The Balaban J connectivity index is 1.79. The number of carbonyl (C=O) groups excluding carboxylic acids is 1. The van der Waals surface area contributed by atoms with Gasteiger partial charge in [-0.05, 0) is 37.3 Å². The lowest BCUT2D eigenvalue weighted by Gasteiger charge is -2.12. The second-order valence-corrected chi connectivity index (χ2v) is 6.76. The maximum atomic E-state index is 12.8. The monoisotopic (exact) mass is 411 g/mol. The summed E-state index contributed by atoms with van der Waals surface area (Å²) in [5.74, 6) is 0.329. The summed E-state index contributed by atoms with van der Waals surface area (Å²) in [6, 6.07) is 14.7. The number of hydrogen-bond donors (Lipinski definition) is 1. The topological polar surface area (TPSA) is 81.3 Å². The van der Waals surface area contributed by atoms with Crippen LogP contribution in [-0.2, 0) is 11.3 Å². The van der Waals surface area contributed by atoms with Gasteiger partial charge in [0.1, 0.15) is 12.4 Å². The highest BCUT2D eigenvalue weighted by Crippen LogP contribution is 2.17. The van der Waals surface area contributed by atoms with Crippen LogP contribution in [0, 0.1) is 6.92 Å². The number of hydrogen-bond acceptors (Lipinski definition) is 4. The lowest BCUT2D eigenvalue weighted by atomic mass is 10.2. The molecule has 4 aromatic rings. The molecule has 0 saturated heterocycles. The maximum Gasteiger partial charge on any atom is 0.297 e. The number of nitrogens with zero attached hydrogens (tertiary/aromatic N) is 4. The summed E-state index contributed by atoms with van der Waals surface area (Å²) in [5.41, 5.74) is 1.93. The van der Waals surface area contributed by atoms with Crippen LogP contribution in [-0.4, -0.2) is 25.1 Å². The van der Waals surface area contributed by atoms with Crippen LogP contribution in [0.25, 0.3) is 16.7 Å².